The number of hydrogen-bond donors (Lipinski definition) is 0. The van der Waals surface area contributed by atoms with Crippen LogP contribution in [0.25, 0.3) is 0 Å². The molecule has 0 aliphatic heterocycles. The number of ether oxygens (including phenoxy) is 1. The molecule has 1 heterocycles. The summed E-state index contributed by atoms with van der Waals surface area (Å²) in [6, 6.07) is 5.77. The number of pyridine rings is 1. The van der Waals surface area contributed by atoms with Crippen molar-refractivity contribution in [2.45, 2.75) is 0 Å². The predicted octanol–water partition coefficient (Wildman–Crippen LogP) is 4.00. The highest BCUT2D eigenvalue weighted by Crippen LogP contribution is 2.34. The number of hydrogen-bond acceptors (Lipinski definition) is 6. The smallest absolute Gasteiger partial charge is 0.313 e. The topological polar surface area (TPSA) is 108 Å². The Morgan fingerprint density at radius 2 is 1.76 bits per heavy atom. The molecule has 0 spiro atoms. The first kappa shape index (κ1) is 14.9. The Hall–Kier alpha value is -2.45. The first-order chi connectivity index (χ1) is 9.86. The second-order valence-electron chi connectivity index (χ2n) is 3.71. The van der Waals surface area contributed by atoms with Crippen LogP contribution in [0, 0.1) is 20.2 Å². The van der Waals surface area contributed by atoms with Crippen LogP contribution < -0.4 is 4.74 Å². The zero-order valence-corrected chi connectivity index (χ0v) is 11.5. The fraction of sp³-hybridized carbons (Fsp3) is 0. The molecular weight excluding hydrogens is 325 g/mol. The quantitative estimate of drug-likeness (QED) is 0.476. The molecule has 0 N–H and O–H groups in total. The average molecular weight is 330 g/mol. The van der Waals surface area contributed by atoms with Crippen molar-refractivity contribution >= 4 is 34.6 Å². The molecule has 0 fully saturated rings. The maximum Gasteiger partial charge on any atom is 0.313 e. The molecule has 0 aliphatic rings. The van der Waals surface area contributed by atoms with Crippen LogP contribution in [0.5, 0.6) is 11.6 Å². The largest absolute Gasteiger partial charge is 0.431 e. The van der Waals surface area contributed by atoms with Crippen LogP contribution in [0.2, 0.25) is 10.2 Å². The molecule has 0 radical (unpaired) electrons. The van der Waals surface area contributed by atoms with Crippen molar-refractivity contribution < 1.29 is 14.6 Å². The normalized spacial score (nSPS) is 10.2. The molecule has 0 amide bonds. The Balaban J connectivity index is 2.43. The highest BCUT2D eigenvalue weighted by Gasteiger charge is 2.19. The average Bonchev–Trinajstić information content (AvgIpc) is 2.40. The maximum absolute atomic E-state index is 10.9. The van der Waals surface area contributed by atoms with Crippen LogP contribution in [0.4, 0.5) is 11.4 Å². The fourth-order valence-electron chi connectivity index (χ4n) is 1.45. The van der Waals surface area contributed by atoms with E-state index in [0.29, 0.717) is 0 Å². The third-order valence-electron chi connectivity index (χ3n) is 2.30. The van der Waals surface area contributed by atoms with Gasteiger partial charge in [-0.2, -0.15) is 0 Å². The fourth-order valence-corrected chi connectivity index (χ4v) is 1.81. The van der Waals surface area contributed by atoms with E-state index in [4.69, 9.17) is 27.9 Å². The van der Waals surface area contributed by atoms with Gasteiger partial charge in [0, 0.05) is 11.1 Å². The summed E-state index contributed by atoms with van der Waals surface area (Å²) >= 11 is 11.3. The number of nitrogens with zero attached hydrogens (tertiary/aromatic N) is 3. The Bertz CT molecular complexity index is 738. The molecule has 2 aromatic rings. The Morgan fingerprint density at radius 1 is 1.05 bits per heavy atom. The Morgan fingerprint density at radius 3 is 2.38 bits per heavy atom. The minimum atomic E-state index is -0.694. The number of nitro benzene ring substituents is 1. The van der Waals surface area contributed by atoms with E-state index in [1.54, 1.807) is 0 Å². The lowest BCUT2D eigenvalue weighted by Crippen LogP contribution is -1.96. The van der Waals surface area contributed by atoms with Crippen molar-refractivity contribution in [3.05, 3.63) is 60.7 Å². The molecular formula is C11H5Cl2N3O5. The van der Waals surface area contributed by atoms with Gasteiger partial charge >= 0.3 is 5.69 Å². The van der Waals surface area contributed by atoms with Gasteiger partial charge in [0.05, 0.1) is 22.0 Å². The summed E-state index contributed by atoms with van der Waals surface area (Å²) in [4.78, 5) is 24.0. The van der Waals surface area contributed by atoms with Crippen LogP contribution in [0.1, 0.15) is 0 Å². The van der Waals surface area contributed by atoms with E-state index in [1.807, 2.05) is 0 Å². The molecule has 0 bridgehead atoms. The van der Waals surface area contributed by atoms with Gasteiger partial charge < -0.3 is 4.74 Å². The van der Waals surface area contributed by atoms with Crippen molar-refractivity contribution in [3.63, 3.8) is 0 Å². The van der Waals surface area contributed by atoms with E-state index >= 15 is 0 Å². The summed E-state index contributed by atoms with van der Waals surface area (Å²) in [5, 5.41) is 21.6. The van der Waals surface area contributed by atoms with Gasteiger partial charge in [0.2, 0.25) is 11.6 Å². The van der Waals surface area contributed by atoms with Crippen LogP contribution in [-0.4, -0.2) is 14.8 Å². The van der Waals surface area contributed by atoms with E-state index < -0.39 is 15.5 Å². The van der Waals surface area contributed by atoms with Gasteiger partial charge in [-0.25, -0.2) is 4.98 Å². The zero-order valence-electron chi connectivity index (χ0n) is 10.0. The van der Waals surface area contributed by atoms with Crippen LogP contribution in [-0.2, 0) is 0 Å². The molecule has 0 unspecified atom stereocenters. The number of aromatic nitrogens is 1. The number of halogens is 2. The summed E-state index contributed by atoms with van der Waals surface area (Å²) in [5.41, 5.74) is -0.742. The van der Waals surface area contributed by atoms with E-state index in [1.165, 1.54) is 12.1 Å². The van der Waals surface area contributed by atoms with Gasteiger partial charge in [-0.15, -0.1) is 0 Å². The second-order valence-corrected chi connectivity index (χ2v) is 4.54. The lowest BCUT2D eigenvalue weighted by Gasteiger charge is -2.06. The van der Waals surface area contributed by atoms with Crippen LogP contribution in [0.15, 0.2) is 30.3 Å². The SMILES string of the molecule is O=[N+]([O-])c1cc(Cl)nc(Oc2ccc(Cl)cc2[N+](=O)[O-])c1. The number of rotatable bonds is 4. The molecule has 1 aromatic carbocycles. The van der Waals surface area contributed by atoms with Gasteiger partial charge in [-0.1, -0.05) is 23.2 Å². The standard InChI is InChI=1S/C11H5Cl2N3O5/c12-6-1-2-9(8(3-6)16(19)20)21-11-5-7(15(17)18)4-10(13)14-11/h1-5H. The molecule has 108 valence electrons. The van der Waals surface area contributed by atoms with Crippen molar-refractivity contribution in [1.29, 1.82) is 0 Å². The minimum absolute atomic E-state index is 0.152. The summed E-state index contributed by atoms with van der Waals surface area (Å²) in [6.45, 7) is 0. The van der Waals surface area contributed by atoms with Crippen LogP contribution >= 0.6 is 23.2 Å². The molecule has 1 aromatic heterocycles. The molecule has 2 rings (SSSR count). The first-order valence-corrected chi connectivity index (χ1v) is 6.06. The van der Waals surface area contributed by atoms with Crippen molar-refractivity contribution in [2.24, 2.45) is 0 Å². The molecule has 0 saturated heterocycles. The molecule has 8 nitrogen and oxygen atoms in total. The van der Waals surface area contributed by atoms with E-state index in [0.717, 1.165) is 18.2 Å². The first-order valence-electron chi connectivity index (χ1n) is 5.30. The zero-order chi connectivity index (χ0) is 15.6. The summed E-state index contributed by atoms with van der Waals surface area (Å²) < 4.78 is 5.20. The Kier molecular flexibility index (Phi) is 4.20. The molecule has 10 heteroatoms. The molecule has 0 aliphatic carbocycles. The molecule has 0 saturated carbocycles. The van der Waals surface area contributed by atoms with Crippen molar-refractivity contribution in [1.82, 2.24) is 4.98 Å². The second kappa shape index (κ2) is 5.90. The predicted molar refractivity (Wildman–Crippen MR) is 74.1 cm³/mol. The van der Waals surface area contributed by atoms with E-state index in [-0.39, 0.29) is 27.5 Å². The van der Waals surface area contributed by atoms with Gasteiger partial charge in [0.25, 0.3) is 5.69 Å². The van der Waals surface area contributed by atoms with Gasteiger partial charge in [-0.3, -0.25) is 20.2 Å². The summed E-state index contributed by atoms with van der Waals surface area (Å²) in [7, 11) is 0. The maximum atomic E-state index is 10.9. The minimum Gasteiger partial charge on any atom is -0.431 e. The lowest BCUT2D eigenvalue weighted by atomic mass is 10.3. The van der Waals surface area contributed by atoms with Gasteiger partial charge in [0.15, 0.2) is 0 Å². The highest BCUT2D eigenvalue weighted by atomic mass is 35.5. The third-order valence-corrected chi connectivity index (χ3v) is 2.73. The number of nitro groups is 2. The monoisotopic (exact) mass is 329 g/mol. The van der Waals surface area contributed by atoms with Crippen molar-refractivity contribution in [2.75, 3.05) is 0 Å². The highest BCUT2D eigenvalue weighted by molar-refractivity contribution is 6.30. The molecule has 0 atom stereocenters. The molecule has 21 heavy (non-hydrogen) atoms. The lowest BCUT2D eigenvalue weighted by molar-refractivity contribution is -0.386. The van der Waals surface area contributed by atoms with E-state index in [2.05, 4.69) is 4.98 Å². The van der Waals surface area contributed by atoms with Crippen molar-refractivity contribution in [3.8, 4) is 11.6 Å². The summed E-state index contributed by atoms with van der Waals surface area (Å²) in [6.07, 6.45) is 0. The Labute approximate surface area is 127 Å². The van der Waals surface area contributed by atoms with E-state index in [9.17, 15) is 20.2 Å². The van der Waals surface area contributed by atoms with Gasteiger partial charge in [0.1, 0.15) is 5.15 Å². The number of benzene rings is 1. The van der Waals surface area contributed by atoms with Gasteiger partial charge in [-0.05, 0) is 12.1 Å². The summed E-state index contributed by atoms with van der Waals surface area (Å²) in [5.74, 6) is -0.395. The van der Waals surface area contributed by atoms with Crippen LogP contribution in [0.3, 0.4) is 0 Å². The third kappa shape index (κ3) is 3.56.